The number of methoxy groups -OCH3 is 1. The molecule has 2 aliphatic rings. The van der Waals surface area contributed by atoms with E-state index >= 15 is 0 Å². The molecule has 0 fully saturated rings. The summed E-state index contributed by atoms with van der Waals surface area (Å²) in [6, 6.07) is 6.69. The smallest absolute Gasteiger partial charge is 0.247 e. The van der Waals surface area contributed by atoms with Gasteiger partial charge in [-0.15, -0.1) is 0 Å². The molecule has 3 rings (SSSR count). The second-order valence-electron chi connectivity index (χ2n) is 7.86. The van der Waals surface area contributed by atoms with Crippen molar-refractivity contribution in [2.75, 3.05) is 33.4 Å². The molecule has 0 saturated carbocycles. The number of fused-ring (bicyclic) bond motifs is 3. The lowest BCUT2D eigenvalue weighted by Gasteiger charge is -2.40. The number of carbonyl (C=O) groups excluding carboxylic acids is 2. The summed E-state index contributed by atoms with van der Waals surface area (Å²) in [5, 5.41) is 23.1. The highest BCUT2D eigenvalue weighted by atomic mass is 16.5. The average molecular weight is 433 g/mol. The minimum atomic E-state index is -1.01. The quantitative estimate of drug-likeness (QED) is 0.509. The number of aliphatic hydroxyl groups is 2. The van der Waals surface area contributed by atoms with Crippen LogP contribution in [0.5, 0.6) is 5.75 Å². The van der Waals surface area contributed by atoms with E-state index < -0.39 is 24.2 Å². The number of nitrogens with zero attached hydrogens (tertiary/aromatic N) is 1. The molecule has 0 aromatic heterocycles. The molecule has 0 bridgehead atoms. The van der Waals surface area contributed by atoms with Crippen molar-refractivity contribution in [1.82, 2.24) is 10.2 Å². The number of amides is 2. The number of aliphatic hydroxyl groups excluding tert-OH is 2. The fourth-order valence-electron chi connectivity index (χ4n) is 4.29. The Morgan fingerprint density at radius 1 is 1.29 bits per heavy atom. The maximum Gasteiger partial charge on any atom is 0.247 e. The largest absolute Gasteiger partial charge is 0.486 e. The van der Waals surface area contributed by atoms with Gasteiger partial charge in [-0.1, -0.05) is 31.5 Å². The molecule has 8 nitrogen and oxygen atoms in total. The molecular formula is C23H32N2O6. The molecule has 1 aliphatic carbocycles. The van der Waals surface area contributed by atoms with E-state index in [1.165, 1.54) is 0 Å². The molecule has 4 unspecified atom stereocenters. The first-order chi connectivity index (χ1) is 15.0. The molecule has 2 amide bonds. The van der Waals surface area contributed by atoms with Crippen LogP contribution in [0.2, 0.25) is 0 Å². The van der Waals surface area contributed by atoms with Gasteiger partial charge in [-0.2, -0.15) is 0 Å². The first kappa shape index (κ1) is 23.2. The fraction of sp³-hybridized carbons (Fsp3) is 0.565. The summed E-state index contributed by atoms with van der Waals surface area (Å²) < 4.78 is 11.2. The van der Waals surface area contributed by atoms with Gasteiger partial charge in [0, 0.05) is 37.8 Å². The van der Waals surface area contributed by atoms with Crippen LogP contribution in [0.3, 0.4) is 0 Å². The Balaban J connectivity index is 1.99. The Hall–Kier alpha value is -2.42. The number of hydrogen-bond acceptors (Lipinski definition) is 6. The van der Waals surface area contributed by atoms with Crippen LogP contribution in [-0.2, 0) is 14.3 Å². The van der Waals surface area contributed by atoms with Crippen molar-refractivity contribution >= 4 is 11.8 Å². The van der Waals surface area contributed by atoms with Gasteiger partial charge in [0.05, 0.1) is 25.2 Å². The van der Waals surface area contributed by atoms with E-state index in [1.54, 1.807) is 18.1 Å². The Morgan fingerprint density at radius 2 is 2.06 bits per heavy atom. The van der Waals surface area contributed by atoms with Crippen LogP contribution in [0.25, 0.3) is 0 Å². The lowest BCUT2D eigenvalue weighted by atomic mass is 9.77. The Kier molecular flexibility index (Phi) is 8.06. The molecule has 1 heterocycles. The van der Waals surface area contributed by atoms with Gasteiger partial charge in [0.15, 0.2) is 0 Å². The number of rotatable bonds is 10. The molecule has 1 aromatic rings. The molecule has 0 radical (unpaired) electrons. The summed E-state index contributed by atoms with van der Waals surface area (Å²) in [5.41, 5.74) is 1.26. The summed E-state index contributed by atoms with van der Waals surface area (Å²) in [6.07, 6.45) is 1.97. The van der Waals surface area contributed by atoms with E-state index in [0.717, 1.165) is 18.4 Å². The Labute approximate surface area is 182 Å². The van der Waals surface area contributed by atoms with E-state index in [1.807, 2.05) is 31.2 Å². The SMILES string of the molecule is CCCCC(=O)N(CCOC)C1C=C(C(=O)NCCO)C2c3ccccc3OC2C1O. The number of ether oxygens (including phenoxy) is 2. The van der Waals surface area contributed by atoms with Crippen LogP contribution < -0.4 is 10.1 Å². The van der Waals surface area contributed by atoms with E-state index in [2.05, 4.69) is 5.32 Å². The normalized spacial score (nSPS) is 23.9. The van der Waals surface area contributed by atoms with Crippen molar-refractivity contribution in [3.05, 3.63) is 41.5 Å². The molecule has 0 saturated heterocycles. The molecule has 170 valence electrons. The van der Waals surface area contributed by atoms with Crippen molar-refractivity contribution in [2.45, 2.75) is 50.4 Å². The summed E-state index contributed by atoms with van der Waals surface area (Å²) in [7, 11) is 1.56. The molecule has 1 aliphatic heterocycles. The lowest BCUT2D eigenvalue weighted by molar-refractivity contribution is -0.138. The zero-order valence-electron chi connectivity index (χ0n) is 18.1. The summed E-state index contributed by atoms with van der Waals surface area (Å²) in [6.45, 7) is 2.57. The zero-order chi connectivity index (χ0) is 22.4. The maximum absolute atomic E-state index is 13.0. The maximum atomic E-state index is 13.0. The number of para-hydroxylation sites is 1. The van der Waals surface area contributed by atoms with Crippen LogP contribution in [0.1, 0.15) is 37.7 Å². The van der Waals surface area contributed by atoms with Gasteiger partial charge in [0.1, 0.15) is 18.0 Å². The van der Waals surface area contributed by atoms with Gasteiger partial charge >= 0.3 is 0 Å². The molecule has 8 heteroatoms. The summed E-state index contributed by atoms with van der Waals surface area (Å²) in [4.78, 5) is 27.5. The molecule has 0 spiro atoms. The second kappa shape index (κ2) is 10.7. The number of unbranched alkanes of at least 4 members (excludes halogenated alkanes) is 1. The van der Waals surface area contributed by atoms with Crippen LogP contribution in [0, 0.1) is 0 Å². The van der Waals surface area contributed by atoms with Gasteiger partial charge in [0.25, 0.3) is 0 Å². The van der Waals surface area contributed by atoms with E-state index in [9.17, 15) is 14.7 Å². The number of benzene rings is 1. The zero-order valence-corrected chi connectivity index (χ0v) is 18.1. The number of hydrogen-bond donors (Lipinski definition) is 3. The van der Waals surface area contributed by atoms with E-state index in [4.69, 9.17) is 14.6 Å². The predicted octanol–water partition coefficient (Wildman–Crippen LogP) is 0.974. The van der Waals surface area contributed by atoms with Crippen molar-refractivity contribution in [3.8, 4) is 5.75 Å². The topological polar surface area (TPSA) is 108 Å². The standard InChI is InChI=1S/C23H32N2O6/c1-3-4-9-19(27)25(11-13-30-2)17-14-16(23(29)24-10-12-26)20-15-7-5-6-8-18(15)31-22(20)21(17)28/h5-8,14,17,20-22,26,28H,3-4,9-13H2,1-2H3,(H,24,29). The highest BCUT2D eigenvalue weighted by Gasteiger charge is 2.50. The minimum Gasteiger partial charge on any atom is -0.486 e. The molecule has 31 heavy (non-hydrogen) atoms. The van der Waals surface area contributed by atoms with E-state index in [-0.39, 0.29) is 25.0 Å². The van der Waals surface area contributed by atoms with Gasteiger partial charge in [-0.25, -0.2) is 0 Å². The Morgan fingerprint density at radius 3 is 2.77 bits per heavy atom. The highest BCUT2D eigenvalue weighted by Crippen LogP contribution is 2.47. The Bertz CT molecular complexity index is 811. The van der Waals surface area contributed by atoms with Crippen molar-refractivity contribution < 1.29 is 29.3 Å². The van der Waals surface area contributed by atoms with Crippen LogP contribution in [-0.4, -0.2) is 78.6 Å². The van der Waals surface area contributed by atoms with Crippen molar-refractivity contribution in [1.29, 1.82) is 0 Å². The number of carbonyl (C=O) groups is 2. The van der Waals surface area contributed by atoms with Crippen LogP contribution in [0.4, 0.5) is 0 Å². The molecule has 1 aromatic carbocycles. The van der Waals surface area contributed by atoms with Gasteiger partial charge < -0.3 is 29.9 Å². The van der Waals surface area contributed by atoms with Crippen LogP contribution in [0.15, 0.2) is 35.9 Å². The fourth-order valence-corrected chi connectivity index (χ4v) is 4.29. The van der Waals surface area contributed by atoms with Crippen LogP contribution >= 0.6 is 0 Å². The first-order valence-corrected chi connectivity index (χ1v) is 10.9. The summed E-state index contributed by atoms with van der Waals surface area (Å²) >= 11 is 0. The molecular weight excluding hydrogens is 400 g/mol. The minimum absolute atomic E-state index is 0.0942. The van der Waals surface area contributed by atoms with Gasteiger partial charge in [-0.3, -0.25) is 9.59 Å². The highest BCUT2D eigenvalue weighted by molar-refractivity contribution is 5.96. The lowest BCUT2D eigenvalue weighted by Crippen LogP contribution is -2.56. The third-order valence-electron chi connectivity index (χ3n) is 5.84. The summed E-state index contributed by atoms with van der Waals surface area (Å²) in [5.74, 6) is -0.257. The third kappa shape index (κ3) is 4.92. The second-order valence-corrected chi connectivity index (χ2v) is 7.86. The predicted molar refractivity (Wildman–Crippen MR) is 115 cm³/mol. The third-order valence-corrected chi connectivity index (χ3v) is 5.84. The monoisotopic (exact) mass is 432 g/mol. The number of nitrogens with one attached hydrogen (secondary N) is 1. The molecule has 3 N–H and O–H groups in total. The van der Waals surface area contributed by atoms with Crippen molar-refractivity contribution in [3.63, 3.8) is 0 Å². The first-order valence-electron chi connectivity index (χ1n) is 10.9. The van der Waals surface area contributed by atoms with Gasteiger partial charge in [-0.05, 0) is 18.6 Å². The van der Waals surface area contributed by atoms with E-state index in [0.29, 0.717) is 30.9 Å². The average Bonchev–Trinajstić information content (AvgIpc) is 3.17. The molecule has 4 atom stereocenters. The van der Waals surface area contributed by atoms with Gasteiger partial charge in [0.2, 0.25) is 11.8 Å². The van der Waals surface area contributed by atoms with Crippen molar-refractivity contribution in [2.24, 2.45) is 0 Å².